The van der Waals surface area contributed by atoms with Gasteiger partial charge in [0.05, 0.1) is 15.6 Å². The molecule has 2 aliphatic rings. The molecule has 1 atom stereocenters. The summed E-state index contributed by atoms with van der Waals surface area (Å²) in [7, 11) is -3.47. The molecule has 0 bridgehead atoms. The highest BCUT2D eigenvalue weighted by molar-refractivity contribution is 7.89. The van der Waals surface area contributed by atoms with Gasteiger partial charge in [-0.25, -0.2) is 8.42 Å². The maximum absolute atomic E-state index is 12.7. The molecule has 116 valence electrons. The van der Waals surface area contributed by atoms with Crippen molar-refractivity contribution in [3.05, 3.63) is 23.2 Å². The largest absolute Gasteiger partial charge is 0.398 e. The number of nitrogen functional groups attached to an aromatic ring is 1. The number of sulfonamides is 1. The summed E-state index contributed by atoms with van der Waals surface area (Å²) < 4.78 is 26.9. The van der Waals surface area contributed by atoms with Gasteiger partial charge in [-0.15, -0.1) is 0 Å². The number of nitrogens with zero attached hydrogens (tertiary/aromatic N) is 2. The standard InChI is InChI=1S/C14H20ClN3O2S/c15-13-9-12(3-4-14(13)16)21(19,20)18-8-5-11(10-18)17-6-1-2-7-17/h3-4,9,11H,1-2,5-8,10,16H2. The Bertz CT molecular complexity index is 629. The van der Waals surface area contributed by atoms with Crippen LogP contribution >= 0.6 is 11.6 Å². The number of anilines is 1. The van der Waals surface area contributed by atoms with Gasteiger partial charge in [-0.05, 0) is 50.6 Å². The first kappa shape index (κ1) is 15.1. The molecule has 0 aliphatic carbocycles. The number of hydrogen-bond acceptors (Lipinski definition) is 4. The van der Waals surface area contributed by atoms with Crippen molar-refractivity contribution in [1.29, 1.82) is 0 Å². The minimum Gasteiger partial charge on any atom is -0.398 e. The molecule has 1 aromatic carbocycles. The Morgan fingerprint density at radius 1 is 1.19 bits per heavy atom. The Balaban J connectivity index is 1.77. The van der Waals surface area contributed by atoms with Crippen LogP contribution in [-0.4, -0.2) is 49.8 Å². The van der Waals surface area contributed by atoms with Crippen LogP contribution < -0.4 is 5.73 Å². The molecule has 5 nitrogen and oxygen atoms in total. The number of halogens is 1. The highest BCUT2D eigenvalue weighted by atomic mass is 35.5. The molecule has 2 heterocycles. The fourth-order valence-electron chi connectivity index (χ4n) is 3.15. The monoisotopic (exact) mass is 329 g/mol. The lowest BCUT2D eigenvalue weighted by atomic mass is 10.2. The third-order valence-electron chi connectivity index (χ3n) is 4.39. The number of likely N-dealkylation sites (tertiary alicyclic amines) is 1. The molecule has 0 radical (unpaired) electrons. The van der Waals surface area contributed by atoms with Crippen LogP contribution in [0.3, 0.4) is 0 Å². The molecule has 0 saturated carbocycles. The summed E-state index contributed by atoms with van der Waals surface area (Å²) in [5, 5.41) is 0.284. The maximum Gasteiger partial charge on any atom is 0.243 e. The van der Waals surface area contributed by atoms with Crippen LogP contribution in [0.1, 0.15) is 19.3 Å². The van der Waals surface area contributed by atoms with Crippen molar-refractivity contribution >= 4 is 27.3 Å². The second kappa shape index (κ2) is 5.76. The smallest absolute Gasteiger partial charge is 0.243 e. The molecule has 3 rings (SSSR count). The number of benzene rings is 1. The lowest BCUT2D eigenvalue weighted by Gasteiger charge is -2.23. The summed E-state index contributed by atoms with van der Waals surface area (Å²) >= 11 is 5.94. The molecule has 1 aromatic rings. The van der Waals surface area contributed by atoms with E-state index in [1.54, 1.807) is 10.4 Å². The Hall–Kier alpha value is -0.820. The first-order valence-corrected chi connectivity index (χ1v) is 9.09. The van der Waals surface area contributed by atoms with E-state index in [-0.39, 0.29) is 9.92 Å². The molecule has 21 heavy (non-hydrogen) atoms. The van der Waals surface area contributed by atoms with Gasteiger partial charge in [0, 0.05) is 19.1 Å². The summed E-state index contributed by atoms with van der Waals surface area (Å²) in [5.41, 5.74) is 6.04. The highest BCUT2D eigenvalue weighted by Crippen LogP contribution is 2.28. The quantitative estimate of drug-likeness (QED) is 0.858. The van der Waals surface area contributed by atoms with E-state index in [1.165, 1.54) is 25.0 Å². The summed E-state index contributed by atoms with van der Waals surface area (Å²) in [5.74, 6) is 0. The van der Waals surface area contributed by atoms with Crippen LogP contribution in [0.5, 0.6) is 0 Å². The van der Waals surface area contributed by atoms with Crippen molar-refractivity contribution in [3.8, 4) is 0 Å². The van der Waals surface area contributed by atoms with Crippen LogP contribution in [0.4, 0.5) is 5.69 Å². The van der Waals surface area contributed by atoms with Crippen molar-refractivity contribution < 1.29 is 8.42 Å². The molecule has 0 aromatic heterocycles. The third kappa shape index (κ3) is 2.90. The van der Waals surface area contributed by atoms with Crippen LogP contribution in [-0.2, 0) is 10.0 Å². The fraction of sp³-hybridized carbons (Fsp3) is 0.571. The fourth-order valence-corrected chi connectivity index (χ4v) is 4.92. The SMILES string of the molecule is Nc1ccc(S(=O)(=O)N2CCC(N3CCCC3)C2)cc1Cl. The van der Waals surface area contributed by atoms with Gasteiger partial charge in [0.25, 0.3) is 0 Å². The maximum atomic E-state index is 12.7. The van der Waals surface area contributed by atoms with Gasteiger partial charge in [0.2, 0.25) is 10.0 Å². The topological polar surface area (TPSA) is 66.6 Å². The van der Waals surface area contributed by atoms with Crippen molar-refractivity contribution in [3.63, 3.8) is 0 Å². The number of nitrogens with two attached hydrogens (primary N) is 1. The van der Waals surface area contributed by atoms with E-state index in [4.69, 9.17) is 17.3 Å². The van der Waals surface area contributed by atoms with Crippen molar-refractivity contribution in [2.75, 3.05) is 31.9 Å². The van der Waals surface area contributed by atoms with Gasteiger partial charge in [-0.3, -0.25) is 4.90 Å². The minimum absolute atomic E-state index is 0.226. The zero-order chi connectivity index (χ0) is 15.0. The number of hydrogen-bond donors (Lipinski definition) is 1. The van der Waals surface area contributed by atoms with Crippen molar-refractivity contribution in [2.24, 2.45) is 0 Å². The van der Waals surface area contributed by atoms with Gasteiger partial charge in [-0.2, -0.15) is 4.31 Å². The average Bonchev–Trinajstić information content (AvgIpc) is 3.11. The molecular formula is C14H20ClN3O2S. The molecule has 2 fully saturated rings. The molecule has 2 aliphatic heterocycles. The summed E-state index contributed by atoms with van der Waals surface area (Å²) in [6.45, 7) is 3.33. The highest BCUT2D eigenvalue weighted by Gasteiger charge is 2.36. The third-order valence-corrected chi connectivity index (χ3v) is 6.58. The molecule has 2 N–H and O–H groups in total. The van der Waals surface area contributed by atoms with Crippen LogP contribution in [0.15, 0.2) is 23.1 Å². The molecule has 7 heteroatoms. The Morgan fingerprint density at radius 2 is 1.90 bits per heavy atom. The number of rotatable bonds is 3. The lowest BCUT2D eigenvalue weighted by molar-refractivity contribution is 0.251. The van der Waals surface area contributed by atoms with E-state index >= 15 is 0 Å². The molecule has 0 spiro atoms. The van der Waals surface area contributed by atoms with Gasteiger partial charge >= 0.3 is 0 Å². The predicted molar refractivity (Wildman–Crippen MR) is 83.8 cm³/mol. The van der Waals surface area contributed by atoms with Crippen LogP contribution in [0, 0.1) is 0 Å². The predicted octanol–water partition coefficient (Wildman–Crippen LogP) is 1.78. The molecule has 1 unspecified atom stereocenters. The summed E-state index contributed by atoms with van der Waals surface area (Å²) in [6, 6.07) is 4.87. The lowest BCUT2D eigenvalue weighted by Crippen LogP contribution is -2.37. The van der Waals surface area contributed by atoms with Crippen molar-refractivity contribution in [1.82, 2.24) is 9.21 Å². The van der Waals surface area contributed by atoms with Crippen LogP contribution in [0.25, 0.3) is 0 Å². The molecular weight excluding hydrogens is 310 g/mol. The second-order valence-corrected chi connectivity index (χ2v) is 8.08. The van der Waals surface area contributed by atoms with E-state index in [2.05, 4.69) is 4.90 Å². The normalized spacial score (nSPS) is 24.7. The zero-order valence-electron chi connectivity index (χ0n) is 11.8. The Labute approximate surface area is 130 Å². The van der Waals surface area contributed by atoms with E-state index in [9.17, 15) is 8.42 Å². The first-order chi connectivity index (χ1) is 9.98. The van der Waals surface area contributed by atoms with Crippen molar-refractivity contribution in [2.45, 2.75) is 30.2 Å². The van der Waals surface area contributed by atoms with E-state index in [0.29, 0.717) is 24.8 Å². The van der Waals surface area contributed by atoms with E-state index < -0.39 is 10.0 Å². The van der Waals surface area contributed by atoms with Gasteiger partial charge in [0.15, 0.2) is 0 Å². The molecule has 2 saturated heterocycles. The van der Waals surface area contributed by atoms with E-state index in [1.807, 2.05) is 0 Å². The molecule has 0 amide bonds. The average molecular weight is 330 g/mol. The zero-order valence-corrected chi connectivity index (χ0v) is 13.4. The van der Waals surface area contributed by atoms with Gasteiger partial charge < -0.3 is 5.73 Å². The second-order valence-electron chi connectivity index (χ2n) is 5.73. The van der Waals surface area contributed by atoms with Gasteiger partial charge in [0.1, 0.15) is 0 Å². The van der Waals surface area contributed by atoms with E-state index in [0.717, 1.165) is 19.5 Å². The summed E-state index contributed by atoms with van der Waals surface area (Å²) in [6.07, 6.45) is 3.34. The summed E-state index contributed by atoms with van der Waals surface area (Å²) in [4.78, 5) is 2.63. The first-order valence-electron chi connectivity index (χ1n) is 7.28. The van der Waals surface area contributed by atoms with Crippen LogP contribution in [0.2, 0.25) is 5.02 Å². The Morgan fingerprint density at radius 3 is 2.57 bits per heavy atom. The van der Waals surface area contributed by atoms with Gasteiger partial charge in [-0.1, -0.05) is 11.6 Å². The Kier molecular flexibility index (Phi) is 4.14. The minimum atomic E-state index is -3.47.